The summed E-state index contributed by atoms with van der Waals surface area (Å²) in [4.78, 5) is 0. The molecule has 8 atom stereocenters. The predicted molar refractivity (Wildman–Crippen MR) is 182 cm³/mol. The van der Waals surface area contributed by atoms with E-state index in [0.29, 0.717) is 23.8 Å². The minimum atomic E-state index is -4.85. The maximum Gasteiger partial charge on any atom is 0.446 e. The Morgan fingerprint density at radius 1 is 0.830 bits per heavy atom. The lowest BCUT2D eigenvalue weighted by atomic mass is 9.43. The zero-order valence-corrected chi connectivity index (χ0v) is 30.8. The number of hydrogen-bond donors (Lipinski definition) is 3. The Morgan fingerprint density at radius 3 is 2.13 bits per heavy atom. The quantitative estimate of drug-likeness (QED) is 0.172. The molecular weight excluding hydrogens is 641 g/mol. The molecule has 0 heterocycles. The Kier molecular flexibility index (Phi) is 9.57. The highest BCUT2D eigenvalue weighted by molar-refractivity contribution is 7.81. The second kappa shape index (κ2) is 12.3. The van der Waals surface area contributed by atoms with Crippen molar-refractivity contribution in [1.82, 2.24) is 0 Å². The van der Waals surface area contributed by atoms with E-state index in [4.69, 9.17) is 8.37 Å². The molecule has 1 aromatic rings. The van der Waals surface area contributed by atoms with Gasteiger partial charge in [-0.05, 0) is 142 Å². The van der Waals surface area contributed by atoms with Gasteiger partial charge in [0.2, 0.25) is 0 Å². The first kappa shape index (κ1) is 36.6. The third-order valence-electron chi connectivity index (χ3n) is 13.7. The molecule has 0 amide bonds. The normalized spacial score (nSPS) is 38.9. The number of hydrogen-bond acceptors (Lipinski definition) is 7. The Hall–Kier alpha value is -1.66. The van der Waals surface area contributed by atoms with Crippen LogP contribution in [0.15, 0.2) is 29.8 Å². The van der Waals surface area contributed by atoms with Gasteiger partial charge in [-0.1, -0.05) is 59.1 Å². The van der Waals surface area contributed by atoms with Crippen LogP contribution in [0.2, 0.25) is 0 Å². The molecule has 47 heavy (non-hydrogen) atoms. The minimum absolute atomic E-state index is 0.0235. The van der Waals surface area contributed by atoms with Gasteiger partial charge in [0, 0.05) is 5.56 Å². The Labute approximate surface area is 282 Å². The smallest absolute Gasteiger partial charge is 0.390 e. The van der Waals surface area contributed by atoms with Gasteiger partial charge >= 0.3 is 20.8 Å². The van der Waals surface area contributed by atoms with Crippen molar-refractivity contribution in [3.63, 3.8) is 0 Å². The zero-order chi connectivity index (χ0) is 34.8. The van der Waals surface area contributed by atoms with Gasteiger partial charge < -0.3 is 13.5 Å². The molecule has 9 nitrogen and oxygen atoms in total. The highest BCUT2D eigenvalue weighted by Gasteiger charge is 2.59. The lowest BCUT2D eigenvalue weighted by molar-refractivity contribution is -0.174. The van der Waals surface area contributed by atoms with Crippen LogP contribution in [0, 0.1) is 45.3 Å². The third kappa shape index (κ3) is 7.30. The fourth-order valence-electron chi connectivity index (χ4n) is 11.7. The Balaban J connectivity index is 1.45. The molecule has 0 aliphatic heterocycles. The molecule has 4 aliphatic carbocycles. The van der Waals surface area contributed by atoms with Gasteiger partial charge in [-0.3, -0.25) is 9.11 Å². The van der Waals surface area contributed by atoms with E-state index in [2.05, 4.69) is 54.5 Å². The lowest BCUT2D eigenvalue weighted by Crippen LogP contribution is -2.58. The van der Waals surface area contributed by atoms with E-state index in [-0.39, 0.29) is 45.0 Å². The number of aliphatic hydroxyl groups is 1. The van der Waals surface area contributed by atoms with Gasteiger partial charge in [0.25, 0.3) is 0 Å². The first-order valence-corrected chi connectivity index (χ1v) is 20.1. The van der Waals surface area contributed by atoms with Gasteiger partial charge in [0.15, 0.2) is 0 Å². The van der Waals surface area contributed by atoms with Gasteiger partial charge in [-0.25, -0.2) is 0 Å². The van der Waals surface area contributed by atoms with E-state index in [1.54, 1.807) is 0 Å². The maximum atomic E-state index is 11.9. The Bertz CT molecular complexity index is 1600. The molecule has 0 radical (unpaired) electrons. The van der Waals surface area contributed by atoms with Crippen LogP contribution in [-0.2, 0) is 27.2 Å². The first-order chi connectivity index (χ1) is 21.5. The van der Waals surface area contributed by atoms with Crippen molar-refractivity contribution in [3.05, 3.63) is 35.4 Å². The van der Waals surface area contributed by atoms with Gasteiger partial charge in [0.1, 0.15) is 11.5 Å². The number of rotatable bonds is 9. The molecule has 5 rings (SSSR count). The molecule has 0 spiro atoms. The monoisotopic (exact) mass is 696 g/mol. The van der Waals surface area contributed by atoms with Gasteiger partial charge in [-0.15, -0.1) is 0 Å². The van der Waals surface area contributed by atoms with E-state index in [1.165, 1.54) is 36.6 Å². The van der Waals surface area contributed by atoms with Gasteiger partial charge in [0.05, 0.1) is 5.60 Å². The third-order valence-corrected chi connectivity index (χ3v) is 14.5. The van der Waals surface area contributed by atoms with Crippen molar-refractivity contribution in [2.24, 2.45) is 45.3 Å². The van der Waals surface area contributed by atoms with Crippen molar-refractivity contribution in [3.8, 4) is 11.5 Å². The summed E-state index contributed by atoms with van der Waals surface area (Å²) < 4.78 is 74.8. The van der Waals surface area contributed by atoms with Crippen LogP contribution in [0.3, 0.4) is 0 Å². The fraction of sp³-hybridized carbons (Fsp3) is 0.778. The summed E-state index contributed by atoms with van der Waals surface area (Å²) in [5, 5.41) is 11.9. The second-order valence-electron chi connectivity index (χ2n) is 17.2. The first-order valence-electron chi connectivity index (χ1n) is 17.3. The predicted octanol–water partition coefficient (Wildman–Crippen LogP) is 8.15. The summed E-state index contributed by atoms with van der Waals surface area (Å²) in [6.45, 7) is 16.2. The topological polar surface area (TPSA) is 147 Å². The van der Waals surface area contributed by atoms with Gasteiger partial charge in [-0.2, -0.15) is 16.8 Å². The largest absolute Gasteiger partial charge is 0.446 e. The van der Waals surface area contributed by atoms with Crippen LogP contribution in [0.1, 0.15) is 125 Å². The molecule has 0 saturated heterocycles. The van der Waals surface area contributed by atoms with E-state index < -0.39 is 26.4 Å². The molecule has 0 aromatic heterocycles. The van der Waals surface area contributed by atoms with E-state index in [9.17, 15) is 31.0 Å². The van der Waals surface area contributed by atoms with E-state index >= 15 is 0 Å². The van der Waals surface area contributed by atoms with Crippen molar-refractivity contribution < 1.29 is 39.4 Å². The fourth-order valence-corrected chi connectivity index (χ4v) is 12.4. The molecule has 4 aliphatic rings. The average molecular weight is 697 g/mol. The number of fused-ring (bicyclic) bond motifs is 2. The summed E-state index contributed by atoms with van der Waals surface area (Å²) in [5.74, 6) is 0.827. The molecule has 3 saturated carbocycles. The SMILES string of the molecule is CC1=CCC2C(C)(CCC3C(C)(O)CCC4C(C)(C)CCCC43C)CCCC2(C)C1Cc1cc(OS(=O)(=O)O)ccc1OS(=O)(=O)O. The highest BCUT2D eigenvalue weighted by Crippen LogP contribution is 2.66. The molecule has 3 fully saturated rings. The minimum Gasteiger partial charge on any atom is -0.390 e. The molecular formula is C36H56O9S2. The molecule has 1 aromatic carbocycles. The average Bonchev–Trinajstić information content (AvgIpc) is 2.89. The zero-order valence-electron chi connectivity index (χ0n) is 29.2. The molecule has 11 heteroatoms. The number of allylic oxidation sites excluding steroid dienone is 2. The maximum absolute atomic E-state index is 11.9. The Morgan fingerprint density at radius 2 is 1.47 bits per heavy atom. The van der Waals surface area contributed by atoms with Crippen LogP contribution in [0.25, 0.3) is 0 Å². The highest BCUT2D eigenvalue weighted by atomic mass is 32.3. The molecule has 8 unspecified atom stereocenters. The summed E-state index contributed by atoms with van der Waals surface area (Å²) in [6.07, 6.45) is 14.2. The second-order valence-corrected chi connectivity index (χ2v) is 19.2. The summed E-state index contributed by atoms with van der Waals surface area (Å²) in [6, 6.07) is 3.75. The number of benzene rings is 1. The summed E-state index contributed by atoms with van der Waals surface area (Å²) in [5.41, 5.74) is 1.06. The van der Waals surface area contributed by atoms with Crippen LogP contribution in [0.5, 0.6) is 11.5 Å². The van der Waals surface area contributed by atoms with Crippen molar-refractivity contribution in [2.45, 2.75) is 131 Å². The van der Waals surface area contributed by atoms with Crippen LogP contribution in [0.4, 0.5) is 0 Å². The van der Waals surface area contributed by atoms with Crippen molar-refractivity contribution in [2.75, 3.05) is 0 Å². The molecule has 0 bridgehead atoms. The van der Waals surface area contributed by atoms with E-state index in [0.717, 1.165) is 57.8 Å². The van der Waals surface area contributed by atoms with E-state index in [1.807, 2.05) is 0 Å². The molecule has 266 valence electrons. The van der Waals surface area contributed by atoms with Crippen molar-refractivity contribution >= 4 is 20.8 Å². The van der Waals surface area contributed by atoms with Crippen LogP contribution < -0.4 is 8.37 Å². The summed E-state index contributed by atoms with van der Waals surface area (Å²) >= 11 is 0. The van der Waals surface area contributed by atoms with Crippen molar-refractivity contribution in [1.29, 1.82) is 0 Å². The summed E-state index contributed by atoms with van der Waals surface area (Å²) in [7, 11) is -9.66. The van der Waals surface area contributed by atoms with Crippen LogP contribution >= 0.6 is 0 Å². The molecule has 3 N–H and O–H groups in total. The van der Waals surface area contributed by atoms with Crippen LogP contribution in [-0.4, -0.2) is 36.6 Å². The standard InChI is InChI=1S/C36H56O9S2/c1-24-10-13-30-33(4,20-14-31-35(6)19-8-16-32(2,3)29(35)15-21-36(31,7)37)17-9-18-34(30,5)27(24)23-25-22-26(44-46(38,39)40)11-12-28(25)45-47(41,42)43/h10-12,22,27,29-31,37H,8-9,13-21,23H2,1-7H3,(H,38,39,40)(H,41,42,43). The lowest BCUT2D eigenvalue weighted by Gasteiger charge is -2.62.